The Morgan fingerprint density at radius 1 is 1.35 bits per heavy atom. The number of nitrogens with one attached hydrogen (secondary N) is 1. The van der Waals surface area contributed by atoms with Crippen LogP contribution in [-0.4, -0.2) is 59.9 Å². The van der Waals surface area contributed by atoms with Gasteiger partial charge in [0.1, 0.15) is 5.69 Å². The van der Waals surface area contributed by atoms with Gasteiger partial charge in [0.05, 0.1) is 5.92 Å². The summed E-state index contributed by atoms with van der Waals surface area (Å²) in [6, 6.07) is 4.75. The van der Waals surface area contributed by atoms with Gasteiger partial charge in [-0.15, -0.1) is 0 Å². The number of nitrogens with zero attached hydrogens (tertiary/aromatic N) is 3. The van der Waals surface area contributed by atoms with E-state index in [1.165, 1.54) is 10.4 Å². The summed E-state index contributed by atoms with van der Waals surface area (Å²) in [5.74, 6) is 0.127. The van der Waals surface area contributed by atoms with E-state index in [1.54, 1.807) is 23.2 Å². The molecule has 1 atom stereocenters. The van der Waals surface area contributed by atoms with Crippen molar-refractivity contribution in [3.05, 3.63) is 24.4 Å². The number of hydrogen-bond donors (Lipinski definition) is 1. The molecule has 0 spiro atoms. The van der Waals surface area contributed by atoms with Crippen LogP contribution in [0.25, 0.3) is 11.5 Å². The van der Waals surface area contributed by atoms with E-state index in [1.807, 2.05) is 13.8 Å². The molecular formula is C17H24N4O4S. The van der Waals surface area contributed by atoms with Gasteiger partial charge < -0.3 is 9.32 Å². The van der Waals surface area contributed by atoms with Gasteiger partial charge in [-0.05, 0) is 44.9 Å². The third-order valence-electron chi connectivity index (χ3n) is 4.75. The molecule has 0 radical (unpaired) electrons. The molecule has 1 aliphatic heterocycles. The minimum atomic E-state index is -3.78. The third kappa shape index (κ3) is 3.54. The van der Waals surface area contributed by atoms with E-state index in [9.17, 15) is 13.2 Å². The van der Waals surface area contributed by atoms with Crippen molar-refractivity contribution >= 4 is 15.9 Å². The molecule has 2 aromatic heterocycles. The van der Waals surface area contributed by atoms with Gasteiger partial charge in [0.2, 0.25) is 11.0 Å². The van der Waals surface area contributed by atoms with Crippen molar-refractivity contribution in [3.8, 4) is 11.5 Å². The molecular weight excluding hydrogens is 356 g/mol. The average Bonchev–Trinajstić information content (AvgIpc) is 3.34. The number of H-pyrrole nitrogens is 1. The Morgan fingerprint density at radius 2 is 2.12 bits per heavy atom. The lowest BCUT2D eigenvalue weighted by Crippen LogP contribution is -2.46. The Labute approximate surface area is 153 Å². The van der Waals surface area contributed by atoms with Crippen LogP contribution in [0, 0.1) is 5.92 Å². The molecule has 1 amide bonds. The van der Waals surface area contributed by atoms with Gasteiger partial charge in [-0.3, -0.25) is 9.89 Å². The van der Waals surface area contributed by atoms with Crippen LogP contribution in [0.4, 0.5) is 0 Å². The quantitative estimate of drug-likeness (QED) is 0.825. The van der Waals surface area contributed by atoms with Crippen LogP contribution in [0.15, 0.2) is 33.9 Å². The van der Waals surface area contributed by atoms with Crippen molar-refractivity contribution in [2.24, 2.45) is 5.92 Å². The van der Waals surface area contributed by atoms with E-state index in [2.05, 4.69) is 10.2 Å². The number of furan rings is 1. The van der Waals surface area contributed by atoms with Gasteiger partial charge in [-0.1, -0.05) is 0 Å². The Kier molecular flexibility index (Phi) is 5.47. The summed E-state index contributed by atoms with van der Waals surface area (Å²) in [5.41, 5.74) is 0.611. The van der Waals surface area contributed by atoms with Gasteiger partial charge in [0.25, 0.3) is 10.0 Å². The van der Waals surface area contributed by atoms with Crippen LogP contribution in [-0.2, 0) is 14.8 Å². The number of sulfonamides is 1. The monoisotopic (exact) mass is 380 g/mol. The van der Waals surface area contributed by atoms with Crippen LogP contribution in [0.5, 0.6) is 0 Å². The van der Waals surface area contributed by atoms with Crippen LogP contribution >= 0.6 is 0 Å². The molecule has 142 valence electrons. The number of carbonyl (C=O) groups is 1. The summed E-state index contributed by atoms with van der Waals surface area (Å²) in [4.78, 5) is 14.4. The number of aromatic nitrogens is 2. The molecule has 8 nitrogen and oxygen atoms in total. The van der Waals surface area contributed by atoms with Crippen molar-refractivity contribution in [1.82, 2.24) is 19.4 Å². The summed E-state index contributed by atoms with van der Waals surface area (Å²) in [5, 5.41) is 6.46. The van der Waals surface area contributed by atoms with E-state index in [-0.39, 0.29) is 23.5 Å². The summed E-state index contributed by atoms with van der Waals surface area (Å²) < 4.78 is 32.8. The average molecular weight is 380 g/mol. The maximum atomic E-state index is 12.9. The zero-order valence-corrected chi connectivity index (χ0v) is 15.8. The molecule has 1 saturated heterocycles. The van der Waals surface area contributed by atoms with E-state index in [0.29, 0.717) is 43.9 Å². The normalized spacial score (nSPS) is 18.8. The molecule has 3 heterocycles. The van der Waals surface area contributed by atoms with E-state index < -0.39 is 10.0 Å². The number of rotatable bonds is 6. The number of piperidine rings is 1. The minimum absolute atomic E-state index is 0.0208. The molecule has 1 unspecified atom stereocenters. The van der Waals surface area contributed by atoms with Gasteiger partial charge >= 0.3 is 0 Å². The number of carbonyl (C=O) groups excluding carboxylic acids is 1. The lowest BCUT2D eigenvalue weighted by molar-refractivity contribution is -0.136. The predicted octanol–water partition coefficient (Wildman–Crippen LogP) is 1.94. The first kappa shape index (κ1) is 18.7. The highest BCUT2D eigenvalue weighted by Crippen LogP contribution is 2.28. The van der Waals surface area contributed by atoms with Gasteiger partial charge in [0, 0.05) is 32.4 Å². The molecule has 26 heavy (non-hydrogen) atoms. The van der Waals surface area contributed by atoms with Crippen LogP contribution in [0.3, 0.4) is 0 Å². The third-order valence-corrected chi connectivity index (χ3v) is 6.49. The van der Waals surface area contributed by atoms with E-state index >= 15 is 0 Å². The maximum absolute atomic E-state index is 12.9. The molecule has 1 fully saturated rings. The molecule has 2 aromatic rings. The molecule has 0 bridgehead atoms. The second-order valence-corrected chi connectivity index (χ2v) is 8.17. The smallest absolute Gasteiger partial charge is 0.276 e. The lowest BCUT2D eigenvalue weighted by atomic mass is 9.98. The number of amides is 1. The Bertz CT molecular complexity index is 840. The Balaban J connectivity index is 1.78. The van der Waals surface area contributed by atoms with Crippen LogP contribution in [0.2, 0.25) is 0 Å². The Hall–Kier alpha value is -2.13. The van der Waals surface area contributed by atoms with E-state index in [4.69, 9.17) is 4.42 Å². The SMILES string of the molecule is CCN(CC)C(=O)C1CCCN(S(=O)(=O)c2ccc(-c3ccn[nH]3)o2)C1. The highest BCUT2D eigenvalue weighted by atomic mass is 32.2. The zero-order chi connectivity index (χ0) is 18.7. The van der Waals surface area contributed by atoms with Crippen molar-refractivity contribution in [2.45, 2.75) is 31.8 Å². The summed E-state index contributed by atoms with van der Waals surface area (Å²) in [6.45, 7) is 5.70. The van der Waals surface area contributed by atoms with Gasteiger partial charge in [-0.25, -0.2) is 8.42 Å². The fourth-order valence-electron chi connectivity index (χ4n) is 3.28. The first-order chi connectivity index (χ1) is 12.5. The molecule has 9 heteroatoms. The standard InChI is InChI=1S/C17H24N4O4S/c1-3-20(4-2)17(22)13-6-5-11-21(12-13)26(23,24)16-8-7-15(25-16)14-9-10-18-19-14/h7-10,13H,3-6,11-12H2,1-2H3,(H,18,19). The summed E-state index contributed by atoms with van der Waals surface area (Å²) in [6.07, 6.45) is 2.93. The fourth-order valence-corrected chi connectivity index (χ4v) is 4.71. The van der Waals surface area contributed by atoms with Crippen molar-refractivity contribution in [1.29, 1.82) is 0 Å². The molecule has 1 aliphatic rings. The number of hydrogen-bond acceptors (Lipinski definition) is 5. The molecule has 0 aliphatic carbocycles. The van der Waals surface area contributed by atoms with E-state index in [0.717, 1.165) is 0 Å². The molecule has 0 saturated carbocycles. The maximum Gasteiger partial charge on any atom is 0.276 e. The summed E-state index contributed by atoms with van der Waals surface area (Å²) in [7, 11) is -3.78. The second-order valence-electron chi connectivity index (χ2n) is 6.30. The lowest BCUT2D eigenvalue weighted by Gasteiger charge is -2.33. The van der Waals surface area contributed by atoms with Crippen molar-refractivity contribution < 1.29 is 17.6 Å². The largest absolute Gasteiger partial charge is 0.442 e. The molecule has 0 aromatic carbocycles. The fraction of sp³-hybridized carbons (Fsp3) is 0.529. The predicted molar refractivity (Wildman–Crippen MR) is 95.7 cm³/mol. The first-order valence-electron chi connectivity index (χ1n) is 8.85. The highest BCUT2D eigenvalue weighted by Gasteiger charge is 2.36. The molecule has 3 rings (SSSR count). The zero-order valence-electron chi connectivity index (χ0n) is 15.0. The highest BCUT2D eigenvalue weighted by molar-refractivity contribution is 7.89. The topological polar surface area (TPSA) is 99.5 Å². The first-order valence-corrected chi connectivity index (χ1v) is 10.3. The Morgan fingerprint density at radius 3 is 2.77 bits per heavy atom. The minimum Gasteiger partial charge on any atom is -0.442 e. The van der Waals surface area contributed by atoms with Gasteiger partial charge in [-0.2, -0.15) is 9.40 Å². The van der Waals surface area contributed by atoms with Gasteiger partial charge in [0.15, 0.2) is 5.76 Å². The van der Waals surface area contributed by atoms with Crippen LogP contribution in [0.1, 0.15) is 26.7 Å². The molecule has 1 N–H and O–H groups in total. The van der Waals surface area contributed by atoms with Crippen molar-refractivity contribution in [3.63, 3.8) is 0 Å². The summed E-state index contributed by atoms with van der Waals surface area (Å²) >= 11 is 0. The van der Waals surface area contributed by atoms with Crippen molar-refractivity contribution in [2.75, 3.05) is 26.2 Å². The second kappa shape index (κ2) is 7.63. The number of aromatic amines is 1. The van der Waals surface area contributed by atoms with Crippen LogP contribution < -0.4 is 0 Å².